The van der Waals surface area contributed by atoms with Crippen molar-refractivity contribution in [3.63, 3.8) is 0 Å². The summed E-state index contributed by atoms with van der Waals surface area (Å²) in [6.07, 6.45) is 5.30. The van der Waals surface area contributed by atoms with Crippen LogP contribution in [0.25, 0.3) is 0 Å². The van der Waals surface area contributed by atoms with Crippen LogP contribution in [0.1, 0.15) is 30.1 Å². The molecule has 1 amide bonds. The number of amides is 1. The topological polar surface area (TPSA) is 128 Å². The molecule has 0 saturated carbocycles. The van der Waals surface area contributed by atoms with Crippen molar-refractivity contribution in [2.45, 2.75) is 25.8 Å². The van der Waals surface area contributed by atoms with Crippen LogP contribution in [-0.2, 0) is 14.3 Å². The molecule has 0 spiro atoms. The Morgan fingerprint density at radius 1 is 1.33 bits per heavy atom. The SMILES string of the molecule is C#CCC(CC(COCOCC)NC(=O)c1ccc([N+](=O)[O-])cc1)C(=O)O. The number of nitrogens with zero attached hydrogens (tertiary/aromatic N) is 1. The van der Waals surface area contributed by atoms with Gasteiger partial charge in [-0.25, -0.2) is 0 Å². The summed E-state index contributed by atoms with van der Waals surface area (Å²) in [6, 6.07) is 4.45. The highest BCUT2D eigenvalue weighted by Gasteiger charge is 2.24. The molecule has 2 N–H and O–H groups in total. The minimum atomic E-state index is -1.06. The van der Waals surface area contributed by atoms with Crippen molar-refractivity contribution in [2.24, 2.45) is 5.92 Å². The molecule has 1 rings (SSSR count). The fraction of sp³-hybridized carbons (Fsp3) is 0.444. The molecule has 0 aromatic heterocycles. The van der Waals surface area contributed by atoms with E-state index in [0.29, 0.717) is 6.61 Å². The minimum Gasteiger partial charge on any atom is -0.481 e. The Kier molecular flexibility index (Phi) is 9.50. The van der Waals surface area contributed by atoms with Crippen molar-refractivity contribution in [1.29, 1.82) is 0 Å². The van der Waals surface area contributed by atoms with Crippen LogP contribution in [0.5, 0.6) is 0 Å². The standard InChI is InChI=1S/C18H22N2O7/c1-3-5-14(18(22)23)10-15(11-27-12-26-4-2)19-17(21)13-6-8-16(9-7-13)20(24)25/h1,6-9,14-15H,4-5,10-12H2,2H3,(H,19,21)(H,22,23). The van der Waals surface area contributed by atoms with Crippen LogP contribution in [0.4, 0.5) is 5.69 Å². The number of benzene rings is 1. The molecule has 1 aromatic carbocycles. The van der Waals surface area contributed by atoms with E-state index < -0.39 is 28.8 Å². The molecule has 0 bridgehead atoms. The zero-order valence-electron chi connectivity index (χ0n) is 14.9. The number of carboxylic acid groups (broad SMARTS) is 1. The van der Waals surface area contributed by atoms with E-state index in [1.54, 1.807) is 6.92 Å². The van der Waals surface area contributed by atoms with E-state index in [0.717, 1.165) is 0 Å². The second-order valence-corrected chi connectivity index (χ2v) is 5.63. The van der Waals surface area contributed by atoms with Crippen molar-refractivity contribution in [3.05, 3.63) is 39.9 Å². The van der Waals surface area contributed by atoms with Crippen molar-refractivity contribution in [1.82, 2.24) is 5.32 Å². The molecule has 9 nitrogen and oxygen atoms in total. The number of carbonyl (C=O) groups excluding carboxylic acids is 1. The van der Waals surface area contributed by atoms with Crippen LogP contribution in [0.2, 0.25) is 0 Å². The number of nitrogens with one attached hydrogen (secondary N) is 1. The van der Waals surface area contributed by atoms with Gasteiger partial charge in [-0.15, -0.1) is 12.3 Å². The molecule has 0 fully saturated rings. The number of non-ortho nitro benzene ring substituents is 1. The summed E-state index contributed by atoms with van der Waals surface area (Å²) in [5.74, 6) is -0.0930. The molecular weight excluding hydrogens is 356 g/mol. The Balaban J connectivity index is 2.80. The Bertz CT molecular complexity index is 682. The number of rotatable bonds is 12. The normalized spacial score (nSPS) is 12.6. The van der Waals surface area contributed by atoms with Crippen molar-refractivity contribution in [2.75, 3.05) is 20.0 Å². The number of hydrogen-bond acceptors (Lipinski definition) is 6. The van der Waals surface area contributed by atoms with E-state index in [4.69, 9.17) is 15.9 Å². The van der Waals surface area contributed by atoms with Crippen molar-refractivity contribution in [3.8, 4) is 12.3 Å². The molecule has 0 radical (unpaired) electrons. The molecule has 2 atom stereocenters. The van der Waals surface area contributed by atoms with Gasteiger partial charge in [0.15, 0.2) is 0 Å². The summed E-state index contributed by atoms with van der Waals surface area (Å²) in [5.41, 5.74) is 0.0716. The first-order valence-corrected chi connectivity index (χ1v) is 8.26. The number of aliphatic carboxylic acids is 1. The number of nitro benzene ring substituents is 1. The van der Waals surface area contributed by atoms with E-state index in [9.17, 15) is 24.8 Å². The average molecular weight is 378 g/mol. The maximum absolute atomic E-state index is 12.4. The van der Waals surface area contributed by atoms with E-state index >= 15 is 0 Å². The Morgan fingerprint density at radius 2 is 2.00 bits per heavy atom. The molecule has 146 valence electrons. The van der Waals surface area contributed by atoms with Gasteiger partial charge in [-0.1, -0.05) is 0 Å². The predicted molar refractivity (Wildman–Crippen MR) is 96.0 cm³/mol. The Morgan fingerprint density at radius 3 is 2.52 bits per heavy atom. The lowest BCUT2D eigenvalue weighted by atomic mass is 9.97. The summed E-state index contributed by atoms with van der Waals surface area (Å²) in [6.45, 7) is 2.29. The van der Waals surface area contributed by atoms with Gasteiger partial charge in [0.25, 0.3) is 11.6 Å². The molecule has 1 aromatic rings. The van der Waals surface area contributed by atoms with Gasteiger partial charge in [-0.05, 0) is 25.5 Å². The molecule has 0 aliphatic rings. The predicted octanol–water partition coefficient (Wildman–Crippen LogP) is 1.82. The highest BCUT2D eigenvalue weighted by atomic mass is 16.7. The van der Waals surface area contributed by atoms with Gasteiger partial charge >= 0.3 is 5.97 Å². The van der Waals surface area contributed by atoms with Crippen LogP contribution in [0, 0.1) is 28.4 Å². The zero-order chi connectivity index (χ0) is 20.2. The lowest BCUT2D eigenvalue weighted by molar-refractivity contribution is -0.384. The van der Waals surface area contributed by atoms with E-state index in [2.05, 4.69) is 11.2 Å². The van der Waals surface area contributed by atoms with Crippen LogP contribution in [0.3, 0.4) is 0 Å². The van der Waals surface area contributed by atoms with Crippen molar-refractivity contribution >= 4 is 17.6 Å². The van der Waals surface area contributed by atoms with Gasteiger partial charge in [0.2, 0.25) is 0 Å². The van der Waals surface area contributed by atoms with Crippen LogP contribution < -0.4 is 5.32 Å². The molecule has 2 unspecified atom stereocenters. The third kappa shape index (κ3) is 7.85. The van der Waals surface area contributed by atoms with E-state index in [1.165, 1.54) is 24.3 Å². The highest BCUT2D eigenvalue weighted by molar-refractivity contribution is 5.94. The summed E-state index contributed by atoms with van der Waals surface area (Å²) in [7, 11) is 0. The molecule has 0 heterocycles. The third-order valence-corrected chi connectivity index (χ3v) is 3.65. The van der Waals surface area contributed by atoms with Gasteiger partial charge in [0, 0.05) is 30.7 Å². The van der Waals surface area contributed by atoms with Crippen molar-refractivity contribution < 1.29 is 29.1 Å². The lowest BCUT2D eigenvalue weighted by Crippen LogP contribution is -2.40. The maximum Gasteiger partial charge on any atom is 0.307 e. The zero-order valence-corrected chi connectivity index (χ0v) is 14.9. The largest absolute Gasteiger partial charge is 0.481 e. The molecule has 0 aliphatic heterocycles. The fourth-order valence-corrected chi connectivity index (χ4v) is 2.26. The van der Waals surface area contributed by atoms with Gasteiger partial charge in [0.1, 0.15) is 6.79 Å². The first-order chi connectivity index (χ1) is 12.9. The Labute approximate surface area is 156 Å². The maximum atomic E-state index is 12.4. The van der Waals surface area contributed by atoms with Gasteiger partial charge in [-0.2, -0.15) is 0 Å². The summed E-state index contributed by atoms with van der Waals surface area (Å²) < 4.78 is 10.4. The third-order valence-electron chi connectivity index (χ3n) is 3.65. The number of hydrogen-bond donors (Lipinski definition) is 2. The molecule has 9 heteroatoms. The first-order valence-electron chi connectivity index (χ1n) is 8.26. The fourth-order valence-electron chi connectivity index (χ4n) is 2.26. The monoisotopic (exact) mass is 378 g/mol. The van der Waals surface area contributed by atoms with Crippen LogP contribution in [0.15, 0.2) is 24.3 Å². The molecule has 0 saturated heterocycles. The van der Waals surface area contributed by atoms with Gasteiger partial charge < -0.3 is 19.9 Å². The smallest absolute Gasteiger partial charge is 0.307 e. The number of terminal acetylenes is 1. The first kappa shape index (κ1) is 22.1. The second kappa shape index (κ2) is 11.6. The highest BCUT2D eigenvalue weighted by Crippen LogP contribution is 2.15. The number of nitro groups is 1. The van der Waals surface area contributed by atoms with Crippen LogP contribution in [-0.4, -0.2) is 48.0 Å². The number of carboxylic acids is 1. The quantitative estimate of drug-likeness (QED) is 0.187. The number of ether oxygens (including phenoxy) is 2. The average Bonchev–Trinajstić information content (AvgIpc) is 2.64. The summed E-state index contributed by atoms with van der Waals surface area (Å²) in [5, 5.41) is 22.6. The van der Waals surface area contributed by atoms with Gasteiger partial charge in [-0.3, -0.25) is 19.7 Å². The molecular formula is C18H22N2O7. The number of carbonyl (C=O) groups is 2. The lowest BCUT2D eigenvalue weighted by Gasteiger charge is -2.21. The van der Waals surface area contributed by atoms with E-state index in [1.807, 2.05) is 0 Å². The summed E-state index contributed by atoms with van der Waals surface area (Å²) >= 11 is 0. The van der Waals surface area contributed by atoms with Gasteiger partial charge in [0.05, 0.1) is 23.5 Å². The Hall–Kier alpha value is -2.96. The second-order valence-electron chi connectivity index (χ2n) is 5.63. The summed E-state index contributed by atoms with van der Waals surface area (Å²) in [4.78, 5) is 33.8. The molecule has 27 heavy (non-hydrogen) atoms. The molecule has 0 aliphatic carbocycles. The van der Waals surface area contributed by atoms with Crippen LogP contribution >= 0.6 is 0 Å². The van der Waals surface area contributed by atoms with E-state index in [-0.39, 0.29) is 37.5 Å². The minimum absolute atomic E-state index is 0.00722.